The average molecular weight is 405 g/mol. The molecule has 0 saturated carbocycles. The van der Waals surface area contributed by atoms with Gasteiger partial charge in [-0.3, -0.25) is 9.59 Å². The van der Waals surface area contributed by atoms with Gasteiger partial charge in [-0.25, -0.2) is 13.4 Å². The first-order valence-corrected chi connectivity index (χ1v) is 10.3. The van der Waals surface area contributed by atoms with Crippen LogP contribution in [0.2, 0.25) is 4.34 Å². The van der Waals surface area contributed by atoms with Gasteiger partial charge in [0.05, 0.1) is 4.34 Å². The van der Waals surface area contributed by atoms with Crippen LogP contribution >= 0.6 is 22.9 Å². The molecule has 1 saturated heterocycles. The highest BCUT2D eigenvalue weighted by molar-refractivity contribution is 7.91. The highest BCUT2D eigenvalue weighted by Crippen LogP contribution is 2.28. The van der Waals surface area contributed by atoms with Gasteiger partial charge in [-0.15, -0.1) is 11.3 Å². The summed E-state index contributed by atoms with van der Waals surface area (Å²) in [6.45, 7) is 0.999. The van der Waals surface area contributed by atoms with Crippen molar-refractivity contribution in [1.29, 1.82) is 0 Å². The molecule has 0 spiro atoms. The van der Waals surface area contributed by atoms with Crippen LogP contribution < -0.4 is 0 Å². The van der Waals surface area contributed by atoms with E-state index in [1.54, 1.807) is 11.0 Å². The minimum absolute atomic E-state index is 0.123. The van der Waals surface area contributed by atoms with E-state index in [0.29, 0.717) is 16.5 Å². The van der Waals surface area contributed by atoms with Crippen molar-refractivity contribution in [3.63, 3.8) is 0 Å². The Bertz CT molecular complexity index is 828. The van der Waals surface area contributed by atoms with Crippen molar-refractivity contribution >= 4 is 50.5 Å². The van der Waals surface area contributed by atoms with Crippen molar-refractivity contribution < 1.29 is 18.0 Å². The SMILES string of the molecule is CN1N=C(C(=O)N2CCN(S(=O)(=O)c3ccc(Cl)s3)CC2)CCC1=O. The fourth-order valence-corrected chi connectivity index (χ4v) is 5.76. The third-order valence-corrected chi connectivity index (χ3v) is 7.72. The molecule has 1 aromatic heterocycles. The Kier molecular flexibility index (Phi) is 5.14. The second-order valence-corrected chi connectivity index (χ2v) is 9.60. The zero-order valence-electron chi connectivity index (χ0n) is 13.5. The smallest absolute Gasteiger partial charge is 0.270 e. The molecular weight excluding hydrogens is 388 g/mol. The second kappa shape index (κ2) is 7.02. The van der Waals surface area contributed by atoms with Crippen LogP contribution in [0.25, 0.3) is 0 Å². The lowest BCUT2D eigenvalue weighted by atomic mass is 10.1. The molecule has 0 atom stereocenters. The summed E-state index contributed by atoms with van der Waals surface area (Å²) in [5.41, 5.74) is 0.337. The largest absolute Gasteiger partial charge is 0.335 e. The molecule has 3 rings (SSSR count). The molecule has 2 aliphatic rings. The van der Waals surface area contributed by atoms with Crippen molar-refractivity contribution in [2.24, 2.45) is 5.10 Å². The van der Waals surface area contributed by atoms with E-state index in [2.05, 4.69) is 5.10 Å². The van der Waals surface area contributed by atoms with Crippen molar-refractivity contribution in [1.82, 2.24) is 14.2 Å². The van der Waals surface area contributed by atoms with E-state index in [1.165, 1.54) is 22.4 Å². The molecule has 0 bridgehead atoms. The maximum absolute atomic E-state index is 12.6. The van der Waals surface area contributed by atoms with E-state index in [-0.39, 0.29) is 48.6 Å². The van der Waals surface area contributed by atoms with Gasteiger partial charge in [0.25, 0.3) is 15.9 Å². The van der Waals surface area contributed by atoms with E-state index in [0.717, 1.165) is 11.3 Å². The fourth-order valence-electron chi connectivity index (χ4n) is 2.70. The average Bonchev–Trinajstić information content (AvgIpc) is 3.04. The Hall–Kier alpha value is -1.49. The molecular formula is C14H17ClN4O4S2. The van der Waals surface area contributed by atoms with Gasteiger partial charge in [-0.2, -0.15) is 9.41 Å². The summed E-state index contributed by atoms with van der Waals surface area (Å²) in [7, 11) is -2.07. The molecule has 3 heterocycles. The quantitative estimate of drug-likeness (QED) is 0.746. The number of hydrazone groups is 1. The lowest BCUT2D eigenvalue weighted by molar-refractivity contribution is -0.130. The Morgan fingerprint density at radius 2 is 1.88 bits per heavy atom. The summed E-state index contributed by atoms with van der Waals surface area (Å²) in [6.07, 6.45) is 0.572. The standard InChI is InChI=1S/C14H17ClN4O4S2/c1-17-12(20)4-2-10(16-17)14(21)18-6-8-19(9-7-18)25(22,23)13-5-3-11(15)24-13/h3,5H,2,4,6-9H2,1H3. The van der Waals surface area contributed by atoms with E-state index >= 15 is 0 Å². The lowest BCUT2D eigenvalue weighted by Gasteiger charge is -2.34. The zero-order chi connectivity index (χ0) is 18.2. The van der Waals surface area contributed by atoms with Crippen LogP contribution in [-0.2, 0) is 19.6 Å². The highest BCUT2D eigenvalue weighted by Gasteiger charge is 2.33. The second-order valence-electron chi connectivity index (χ2n) is 5.72. The van der Waals surface area contributed by atoms with E-state index in [9.17, 15) is 18.0 Å². The third-order valence-electron chi connectivity index (χ3n) is 4.12. The Balaban J connectivity index is 1.65. The lowest BCUT2D eigenvalue weighted by Crippen LogP contribution is -2.52. The number of sulfonamides is 1. The topological polar surface area (TPSA) is 90.4 Å². The van der Waals surface area contributed by atoms with Crippen LogP contribution in [0.5, 0.6) is 0 Å². The Morgan fingerprint density at radius 3 is 2.44 bits per heavy atom. The van der Waals surface area contributed by atoms with Crippen LogP contribution in [0.4, 0.5) is 0 Å². The molecule has 1 aromatic rings. The molecule has 2 aliphatic heterocycles. The van der Waals surface area contributed by atoms with Gasteiger partial charge in [0.15, 0.2) is 0 Å². The number of hydrogen-bond donors (Lipinski definition) is 0. The summed E-state index contributed by atoms with van der Waals surface area (Å²) in [6, 6.07) is 3.04. The molecule has 25 heavy (non-hydrogen) atoms. The fraction of sp³-hybridized carbons (Fsp3) is 0.500. The number of carbonyl (C=O) groups excluding carboxylic acids is 2. The van der Waals surface area contributed by atoms with Gasteiger partial charge in [0.2, 0.25) is 5.91 Å². The van der Waals surface area contributed by atoms with Crippen molar-refractivity contribution in [3.05, 3.63) is 16.5 Å². The predicted octanol–water partition coefficient (Wildman–Crippen LogP) is 0.843. The number of halogens is 1. The minimum Gasteiger partial charge on any atom is -0.335 e. The minimum atomic E-state index is -3.58. The van der Waals surface area contributed by atoms with Crippen LogP contribution in [-0.4, -0.2) is 73.4 Å². The van der Waals surface area contributed by atoms with Gasteiger partial charge in [0, 0.05) is 46.1 Å². The van der Waals surface area contributed by atoms with E-state index in [1.807, 2.05) is 0 Å². The van der Waals surface area contributed by atoms with Gasteiger partial charge in [-0.1, -0.05) is 11.6 Å². The summed E-state index contributed by atoms with van der Waals surface area (Å²) in [5.74, 6) is -0.363. The van der Waals surface area contributed by atoms with Gasteiger partial charge in [-0.05, 0) is 12.1 Å². The number of thiophene rings is 1. The highest BCUT2D eigenvalue weighted by atomic mass is 35.5. The number of nitrogens with zero attached hydrogens (tertiary/aromatic N) is 4. The van der Waals surface area contributed by atoms with Gasteiger partial charge in [0.1, 0.15) is 9.92 Å². The summed E-state index contributed by atoms with van der Waals surface area (Å²) < 4.78 is 27.1. The first-order chi connectivity index (χ1) is 11.8. The monoisotopic (exact) mass is 404 g/mol. The van der Waals surface area contributed by atoms with E-state index < -0.39 is 10.0 Å². The molecule has 0 aromatic carbocycles. The van der Waals surface area contributed by atoms with Crippen LogP contribution in [0.15, 0.2) is 21.4 Å². The molecule has 0 radical (unpaired) electrons. The zero-order valence-corrected chi connectivity index (χ0v) is 15.9. The normalized spacial score (nSPS) is 19.9. The number of piperazine rings is 1. The molecule has 0 aliphatic carbocycles. The Morgan fingerprint density at radius 1 is 1.20 bits per heavy atom. The van der Waals surface area contributed by atoms with E-state index in [4.69, 9.17) is 11.6 Å². The molecule has 0 N–H and O–H groups in total. The summed E-state index contributed by atoms with van der Waals surface area (Å²) in [5, 5.41) is 5.20. The molecule has 11 heteroatoms. The molecule has 2 amide bonds. The third kappa shape index (κ3) is 3.71. The molecule has 1 fully saturated rings. The summed E-state index contributed by atoms with van der Waals surface area (Å²) in [4.78, 5) is 25.5. The van der Waals surface area contributed by atoms with Gasteiger partial charge >= 0.3 is 0 Å². The van der Waals surface area contributed by atoms with Crippen molar-refractivity contribution in [2.75, 3.05) is 33.2 Å². The van der Waals surface area contributed by atoms with Crippen LogP contribution in [0.3, 0.4) is 0 Å². The first kappa shape index (κ1) is 18.3. The molecule has 0 unspecified atom stereocenters. The van der Waals surface area contributed by atoms with Gasteiger partial charge < -0.3 is 4.90 Å². The molecule has 136 valence electrons. The van der Waals surface area contributed by atoms with Crippen molar-refractivity contribution in [2.45, 2.75) is 17.1 Å². The van der Waals surface area contributed by atoms with Crippen molar-refractivity contribution in [3.8, 4) is 0 Å². The number of hydrogen-bond acceptors (Lipinski definition) is 6. The first-order valence-electron chi connectivity index (χ1n) is 7.68. The maximum atomic E-state index is 12.6. The van der Waals surface area contributed by atoms with Crippen LogP contribution in [0.1, 0.15) is 12.8 Å². The predicted molar refractivity (Wildman–Crippen MR) is 94.1 cm³/mol. The van der Waals surface area contributed by atoms with Crippen LogP contribution in [0, 0.1) is 0 Å². The number of carbonyl (C=O) groups is 2. The summed E-state index contributed by atoms with van der Waals surface area (Å²) >= 11 is 6.84. The Labute approximate surface area is 154 Å². The number of amides is 2. The number of rotatable bonds is 3. The molecule has 8 nitrogen and oxygen atoms in total. The maximum Gasteiger partial charge on any atom is 0.270 e.